The van der Waals surface area contributed by atoms with Gasteiger partial charge in [0.2, 0.25) is 4.87 Å². The zero-order valence-electron chi connectivity index (χ0n) is 11.0. The largest absolute Gasteiger partial charge is 0.506 e. The number of amides is 2. The molecule has 0 radical (unpaired) electrons. The van der Waals surface area contributed by atoms with Gasteiger partial charge in [-0.3, -0.25) is 9.59 Å². The van der Waals surface area contributed by atoms with Crippen LogP contribution in [0, 0.1) is 0 Å². The van der Waals surface area contributed by atoms with E-state index in [-0.39, 0.29) is 28.3 Å². The van der Waals surface area contributed by atoms with Crippen molar-refractivity contribution in [3.05, 3.63) is 22.7 Å². The van der Waals surface area contributed by atoms with E-state index in [4.69, 9.17) is 21.2 Å². The lowest BCUT2D eigenvalue weighted by molar-refractivity contribution is -0.202. The number of nitrogens with one attached hydrogen (secondary N) is 1. The molecule has 3 unspecified atom stereocenters. The number of carbonyl (C=O) groups excluding carboxylic acids is 2. The van der Waals surface area contributed by atoms with Crippen LogP contribution in [0.2, 0.25) is 5.02 Å². The lowest BCUT2D eigenvalue weighted by Crippen LogP contribution is -2.75. The summed E-state index contributed by atoms with van der Waals surface area (Å²) in [4.78, 5) is 29.1. The van der Waals surface area contributed by atoms with Crippen molar-refractivity contribution in [1.29, 1.82) is 0 Å². The zero-order valence-corrected chi connectivity index (χ0v) is 13.4. The second-order valence-corrected chi connectivity index (χ2v) is 7.85. The number of hydrogen-bond acceptors (Lipinski definition) is 7. The van der Waals surface area contributed by atoms with Crippen LogP contribution in [-0.2, 0) is 14.3 Å². The average Bonchev–Trinajstić information content (AvgIpc) is 2.49. The van der Waals surface area contributed by atoms with E-state index in [1.54, 1.807) is 0 Å². The summed E-state index contributed by atoms with van der Waals surface area (Å²) in [6.07, 6.45) is -0.781. The fraction of sp³-hybridized carbons (Fsp3) is 0.333. The molecule has 2 bridgehead atoms. The topological polar surface area (TPSA) is 88.1 Å². The van der Waals surface area contributed by atoms with Crippen LogP contribution in [0.1, 0.15) is 11.7 Å². The first-order valence-corrected chi connectivity index (χ1v) is 8.81. The molecule has 1 aromatic carbocycles. The Bertz CT molecular complexity index is 717. The third-order valence-corrected chi connectivity index (χ3v) is 7.09. The van der Waals surface area contributed by atoms with Crippen molar-refractivity contribution in [2.45, 2.75) is 16.3 Å². The van der Waals surface area contributed by atoms with E-state index < -0.39 is 16.3 Å². The molecule has 4 heterocycles. The van der Waals surface area contributed by atoms with Crippen LogP contribution < -0.4 is 10.2 Å². The summed E-state index contributed by atoms with van der Waals surface area (Å²) in [6, 6.07) is 2.79. The van der Waals surface area contributed by atoms with Crippen molar-refractivity contribution in [3.63, 3.8) is 0 Å². The van der Waals surface area contributed by atoms with E-state index in [0.29, 0.717) is 5.56 Å². The van der Waals surface area contributed by atoms with Gasteiger partial charge in [-0.1, -0.05) is 22.4 Å². The SMILES string of the molecule is COC1c2cc(Cl)c(O)cc2ON2C(=O)C3NC(=O)C12SS3. The number of hydrogen-bond donors (Lipinski definition) is 2. The number of benzene rings is 1. The maximum atomic E-state index is 12.5. The second-order valence-electron chi connectivity index (χ2n) is 4.91. The van der Waals surface area contributed by atoms with Gasteiger partial charge in [0.25, 0.3) is 11.8 Å². The van der Waals surface area contributed by atoms with Crippen LogP contribution in [0.25, 0.3) is 0 Å². The monoisotopic (exact) mass is 360 g/mol. The lowest BCUT2D eigenvalue weighted by Gasteiger charge is -2.54. The summed E-state index contributed by atoms with van der Waals surface area (Å²) in [5, 5.41) is 12.8. The number of phenolic OH excluding ortho intramolecular Hbond substituents is 1. The van der Waals surface area contributed by atoms with Gasteiger partial charge in [-0.2, -0.15) is 0 Å². The summed E-state index contributed by atoms with van der Waals surface area (Å²) >= 11 is 5.95. The van der Waals surface area contributed by atoms with Crippen LogP contribution in [0.15, 0.2) is 12.1 Å². The average molecular weight is 361 g/mol. The van der Waals surface area contributed by atoms with Gasteiger partial charge in [0.1, 0.15) is 11.9 Å². The summed E-state index contributed by atoms with van der Waals surface area (Å²) in [7, 11) is 3.91. The molecule has 0 saturated carbocycles. The van der Waals surface area contributed by atoms with Gasteiger partial charge in [-0.05, 0) is 16.9 Å². The highest BCUT2D eigenvalue weighted by Gasteiger charge is 2.67. The molecule has 1 aromatic rings. The lowest BCUT2D eigenvalue weighted by atomic mass is 9.96. The first-order valence-electron chi connectivity index (χ1n) is 6.21. The molecule has 1 spiro atoms. The minimum Gasteiger partial charge on any atom is -0.506 e. The summed E-state index contributed by atoms with van der Waals surface area (Å²) in [5.74, 6) is -0.668. The summed E-state index contributed by atoms with van der Waals surface area (Å²) in [6.45, 7) is 0. The molecular formula is C12H9ClN2O5S2. The normalized spacial score (nSPS) is 32.2. The molecule has 7 nitrogen and oxygen atoms in total. The third-order valence-electron chi connectivity index (χ3n) is 3.73. The fourth-order valence-corrected chi connectivity index (χ4v) is 5.93. The van der Waals surface area contributed by atoms with Crippen LogP contribution >= 0.6 is 33.2 Å². The first kappa shape index (κ1) is 14.3. The second kappa shape index (κ2) is 4.60. The Morgan fingerprint density at radius 2 is 2.27 bits per heavy atom. The van der Waals surface area contributed by atoms with Crippen molar-refractivity contribution >= 4 is 45.0 Å². The molecule has 5 rings (SSSR count). The Balaban J connectivity index is 1.95. The molecule has 4 aliphatic heterocycles. The van der Waals surface area contributed by atoms with Gasteiger partial charge in [0.15, 0.2) is 11.1 Å². The molecule has 4 aliphatic rings. The van der Waals surface area contributed by atoms with E-state index in [0.717, 1.165) is 5.06 Å². The highest BCUT2D eigenvalue weighted by molar-refractivity contribution is 8.78. The van der Waals surface area contributed by atoms with Gasteiger partial charge in [0, 0.05) is 18.7 Å². The van der Waals surface area contributed by atoms with E-state index in [9.17, 15) is 14.7 Å². The summed E-state index contributed by atoms with van der Waals surface area (Å²) in [5.41, 5.74) is 0.498. The number of aromatic hydroxyl groups is 1. The van der Waals surface area contributed by atoms with E-state index in [1.165, 1.54) is 40.8 Å². The van der Waals surface area contributed by atoms with E-state index >= 15 is 0 Å². The number of nitrogens with zero attached hydrogens (tertiary/aromatic N) is 1. The Morgan fingerprint density at radius 1 is 1.50 bits per heavy atom. The zero-order chi connectivity index (χ0) is 15.6. The van der Waals surface area contributed by atoms with Crippen LogP contribution in [0.5, 0.6) is 11.5 Å². The van der Waals surface area contributed by atoms with E-state index in [1.807, 2.05) is 0 Å². The molecule has 3 saturated heterocycles. The molecular weight excluding hydrogens is 352 g/mol. The van der Waals surface area contributed by atoms with Crippen LogP contribution in [0.4, 0.5) is 0 Å². The number of ether oxygens (including phenoxy) is 1. The predicted molar refractivity (Wildman–Crippen MR) is 80.2 cm³/mol. The quantitative estimate of drug-likeness (QED) is 0.732. The number of piperazine rings is 1. The maximum Gasteiger partial charge on any atom is 0.291 e. The molecule has 0 aliphatic carbocycles. The van der Waals surface area contributed by atoms with Crippen molar-refractivity contribution in [2.24, 2.45) is 0 Å². The molecule has 22 heavy (non-hydrogen) atoms. The molecule has 2 N–H and O–H groups in total. The number of carbonyl (C=O) groups is 2. The number of fused-ring (bicyclic) bond motifs is 3. The molecule has 0 aromatic heterocycles. The number of halogens is 1. The van der Waals surface area contributed by atoms with Crippen molar-refractivity contribution in [2.75, 3.05) is 7.11 Å². The first-order chi connectivity index (χ1) is 10.5. The van der Waals surface area contributed by atoms with Crippen molar-refractivity contribution in [1.82, 2.24) is 10.4 Å². The fourth-order valence-electron chi connectivity index (χ4n) is 2.72. The third kappa shape index (κ3) is 1.59. The predicted octanol–water partition coefficient (Wildman–Crippen LogP) is 1.42. The maximum absolute atomic E-state index is 12.5. The Hall–Kier alpha value is -1.29. The standard InChI is InChI=1S/C12H9ClN2O5S2/c1-19-8-4-2-5(13)6(16)3-7(4)20-15-10(17)9-14-11(18)12(8,15)22-21-9/h2-3,8-9,16H,1H3,(H,14,18). The van der Waals surface area contributed by atoms with Gasteiger partial charge in [0.05, 0.1) is 5.02 Å². The Kier molecular flexibility index (Phi) is 3.00. The number of rotatable bonds is 1. The number of methoxy groups -OCH3 is 1. The smallest absolute Gasteiger partial charge is 0.291 e. The van der Waals surface area contributed by atoms with Gasteiger partial charge < -0.3 is 20.0 Å². The molecule has 3 fully saturated rings. The van der Waals surface area contributed by atoms with Gasteiger partial charge in [-0.25, -0.2) is 0 Å². The molecule has 10 heteroatoms. The van der Waals surface area contributed by atoms with Crippen molar-refractivity contribution in [3.8, 4) is 11.5 Å². The van der Waals surface area contributed by atoms with Crippen LogP contribution in [0.3, 0.4) is 0 Å². The highest BCUT2D eigenvalue weighted by Crippen LogP contribution is 2.60. The summed E-state index contributed by atoms with van der Waals surface area (Å²) < 4.78 is 5.51. The van der Waals surface area contributed by atoms with Gasteiger partial charge >= 0.3 is 0 Å². The van der Waals surface area contributed by atoms with Crippen LogP contribution in [-0.4, -0.2) is 39.3 Å². The van der Waals surface area contributed by atoms with E-state index in [2.05, 4.69) is 5.32 Å². The number of phenols is 1. The Labute approximate surface area is 137 Å². The van der Waals surface area contributed by atoms with Crippen molar-refractivity contribution < 1.29 is 24.3 Å². The Morgan fingerprint density at radius 3 is 2.95 bits per heavy atom. The highest BCUT2D eigenvalue weighted by atomic mass is 35.5. The minimum absolute atomic E-state index is 0.114. The van der Waals surface area contributed by atoms with Gasteiger partial charge in [-0.15, -0.1) is 5.06 Å². The molecule has 2 amide bonds. The number of hydroxylamine groups is 2. The molecule has 3 atom stereocenters. The minimum atomic E-state index is -1.36. The molecule has 116 valence electrons.